The minimum Gasteiger partial charge on any atom is -0.391 e. The summed E-state index contributed by atoms with van der Waals surface area (Å²) in [5.41, 5.74) is 0. The van der Waals surface area contributed by atoms with Crippen molar-refractivity contribution in [2.45, 2.75) is 18.6 Å². The molecule has 0 aromatic rings. The third kappa shape index (κ3) is 1.93. The summed E-state index contributed by atoms with van der Waals surface area (Å²) in [4.78, 5) is 0. The normalized spacial score (nSPS) is 36.7. The molecule has 54 valence electrons. The van der Waals surface area contributed by atoms with Gasteiger partial charge in [-0.05, 0) is 0 Å². The number of rotatable bonds is 1. The third-order valence-electron chi connectivity index (χ3n) is 1.48. The van der Waals surface area contributed by atoms with Crippen LogP contribution in [0.4, 0.5) is 0 Å². The second kappa shape index (κ2) is 3.15. The quantitative estimate of drug-likeness (QED) is 0.536. The highest BCUT2D eigenvalue weighted by Gasteiger charge is 2.19. The predicted molar refractivity (Wildman–Crippen MR) is 32.2 cm³/mol. The molecule has 1 rings (SSSR count). The third-order valence-corrected chi connectivity index (χ3v) is 1.48. The van der Waals surface area contributed by atoms with E-state index in [1.807, 2.05) is 0 Å². The van der Waals surface area contributed by atoms with Gasteiger partial charge in [0.2, 0.25) is 0 Å². The predicted octanol–water partition coefficient (Wildman–Crippen LogP) is -0.217. The minimum atomic E-state index is -0.330. The molecule has 9 heavy (non-hydrogen) atoms. The van der Waals surface area contributed by atoms with Crippen LogP contribution >= 0.6 is 0 Å². The molecule has 3 nitrogen and oxygen atoms in total. The molecule has 0 aliphatic carbocycles. The van der Waals surface area contributed by atoms with E-state index in [2.05, 4.69) is 0 Å². The fraction of sp³-hybridized carbons (Fsp3) is 1.00. The van der Waals surface area contributed by atoms with Crippen molar-refractivity contribution in [1.29, 1.82) is 0 Å². The SMILES string of the molecule is CO[C@@H]1COC[C@@H](O)C1. The number of hydrogen-bond acceptors (Lipinski definition) is 3. The number of aliphatic hydroxyl groups excluding tert-OH is 1. The monoisotopic (exact) mass is 132 g/mol. The van der Waals surface area contributed by atoms with E-state index in [0.29, 0.717) is 19.6 Å². The zero-order valence-electron chi connectivity index (χ0n) is 5.54. The van der Waals surface area contributed by atoms with Crippen molar-refractivity contribution < 1.29 is 14.6 Å². The lowest BCUT2D eigenvalue weighted by Gasteiger charge is -2.24. The smallest absolute Gasteiger partial charge is 0.0830 e. The Morgan fingerprint density at radius 2 is 2.33 bits per heavy atom. The first-order valence-electron chi connectivity index (χ1n) is 3.11. The van der Waals surface area contributed by atoms with E-state index < -0.39 is 0 Å². The summed E-state index contributed by atoms with van der Waals surface area (Å²) in [5, 5.41) is 9.01. The van der Waals surface area contributed by atoms with Crippen LogP contribution in [0.2, 0.25) is 0 Å². The van der Waals surface area contributed by atoms with Gasteiger partial charge in [0.15, 0.2) is 0 Å². The molecule has 0 amide bonds. The zero-order valence-corrected chi connectivity index (χ0v) is 5.54. The summed E-state index contributed by atoms with van der Waals surface area (Å²) < 4.78 is 9.99. The molecule has 0 radical (unpaired) electrons. The lowest BCUT2D eigenvalue weighted by atomic mass is 10.1. The van der Waals surface area contributed by atoms with Crippen molar-refractivity contribution in [3.63, 3.8) is 0 Å². The molecule has 1 N–H and O–H groups in total. The van der Waals surface area contributed by atoms with Crippen LogP contribution in [0.15, 0.2) is 0 Å². The molecule has 1 aliphatic rings. The van der Waals surface area contributed by atoms with Gasteiger partial charge in [-0.15, -0.1) is 0 Å². The van der Waals surface area contributed by atoms with Crippen molar-refractivity contribution >= 4 is 0 Å². The van der Waals surface area contributed by atoms with Gasteiger partial charge in [-0.2, -0.15) is 0 Å². The Kier molecular flexibility index (Phi) is 2.45. The van der Waals surface area contributed by atoms with E-state index in [0.717, 1.165) is 0 Å². The largest absolute Gasteiger partial charge is 0.391 e. The lowest BCUT2D eigenvalue weighted by molar-refractivity contribution is -0.0856. The van der Waals surface area contributed by atoms with E-state index in [9.17, 15) is 0 Å². The average Bonchev–Trinajstić information content (AvgIpc) is 1.88. The maximum atomic E-state index is 9.01. The Balaban J connectivity index is 2.23. The van der Waals surface area contributed by atoms with E-state index in [1.165, 1.54) is 0 Å². The molecule has 0 unspecified atom stereocenters. The van der Waals surface area contributed by atoms with Crippen molar-refractivity contribution in [2.75, 3.05) is 20.3 Å². The molecule has 1 fully saturated rings. The van der Waals surface area contributed by atoms with Crippen molar-refractivity contribution in [3.8, 4) is 0 Å². The highest BCUT2D eigenvalue weighted by molar-refractivity contribution is 4.68. The maximum Gasteiger partial charge on any atom is 0.0830 e. The fourth-order valence-electron chi connectivity index (χ4n) is 0.939. The molecule has 1 saturated heterocycles. The number of hydrogen-bond donors (Lipinski definition) is 1. The molecule has 3 heteroatoms. The maximum absolute atomic E-state index is 9.01. The van der Waals surface area contributed by atoms with Gasteiger partial charge in [-0.3, -0.25) is 0 Å². The van der Waals surface area contributed by atoms with Crippen LogP contribution < -0.4 is 0 Å². The molecule has 0 aromatic heterocycles. The van der Waals surface area contributed by atoms with E-state index >= 15 is 0 Å². The molecule has 0 spiro atoms. The van der Waals surface area contributed by atoms with E-state index in [-0.39, 0.29) is 12.2 Å². The van der Waals surface area contributed by atoms with Gasteiger partial charge in [0.25, 0.3) is 0 Å². The van der Waals surface area contributed by atoms with Gasteiger partial charge in [-0.25, -0.2) is 0 Å². The number of ether oxygens (including phenoxy) is 2. The van der Waals surface area contributed by atoms with E-state index in [4.69, 9.17) is 14.6 Å². The van der Waals surface area contributed by atoms with Gasteiger partial charge >= 0.3 is 0 Å². The Morgan fingerprint density at radius 3 is 2.78 bits per heavy atom. The lowest BCUT2D eigenvalue weighted by Crippen LogP contribution is -2.33. The highest BCUT2D eigenvalue weighted by Crippen LogP contribution is 2.08. The Morgan fingerprint density at radius 1 is 1.56 bits per heavy atom. The fourth-order valence-corrected chi connectivity index (χ4v) is 0.939. The molecule has 1 aliphatic heterocycles. The number of methoxy groups -OCH3 is 1. The Bertz CT molecular complexity index is 84.4. The van der Waals surface area contributed by atoms with Gasteiger partial charge < -0.3 is 14.6 Å². The minimum absolute atomic E-state index is 0.0914. The molecule has 0 saturated carbocycles. The summed E-state index contributed by atoms with van der Waals surface area (Å²) in [6.45, 7) is 1.08. The highest BCUT2D eigenvalue weighted by atomic mass is 16.5. The molecular formula is C6H12O3. The second-order valence-electron chi connectivity index (χ2n) is 2.28. The average molecular weight is 132 g/mol. The van der Waals surface area contributed by atoms with Crippen LogP contribution in [0, 0.1) is 0 Å². The van der Waals surface area contributed by atoms with Gasteiger partial charge in [-0.1, -0.05) is 0 Å². The first-order valence-corrected chi connectivity index (χ1v) is 3.11. The molecule has 2 atom stereocenters. The summed E-state index contributed by atoms with van der Waals surface area (Å²) >= 11 is 0. The van der Waals surface area contributed by atoms with Crippen LogP contribution in [-0.2, 0) is 9.47 Å². The number of aliphatic hydroxyl groups is 1. The van der Waals surface area contributed by atoms with Crippen LogP contribution in [0.1, 0.15) is 6.42 Å². The zero-order chi connectivity index (χ0) is 6.69. The Hall–Kier alpha value is -0.120. The van der Waals surface area contributed by atoms with Crippen LogP contribution in [0.3, 0.4) is 0 Å². The van der Waals surface area contributed by atoms with Gasteiger partial charge in [0.1, 0.15) is 0 Å². The Labute approximate surface area is 54.6 Å². The van der Waals surface area contributed by atoms with Crippen molar-refractivity contribution in [1.82, 2.24) is 0 Å². The van der Waals surface area contributed by atoms with Crippen molar-refractivity contribution in [3.05, 3.63) is 0 Å². The molecular weight excluding hydrogens is 120 g/mol. The second-order valence-corrected chi connectivity index (χ2v) is 2.28. The van der Waals surface area contributed by atoms with Gasteiger partial charge in [0, 0.05) is 13.5 Å². The van der Waals surface area contributed by atoms with E-state index in [1.54, 1.807) is 7.11 Å². The first kappa shape index (κ1) is 6.99. The molecule has 1 heterocycles. The van der Waals surface area contributed by atoms with Crippen LogP contribution in [0.5, 0.6) is 0 Å². The summed E-state index contributed by atoms with van der Waals surface area (Å²) in [7, 11) is 1.63. The summed E-state index contributed by atoms with van der Waals surface area (Å²) in [6, 6.07) is 0. The summed E-state index contributed by atoms with van der Waals surface area (Å²) in [6.07, 6.45) is 0.466. The standard InChI is InChI=1S/C6H12O3/c1-8-6-2-5(7)3-9-4-6/h5-7H,2-4H2,1H3/t5-,6-/m0/s1. The molecule has 0 aromatic carbocycles. The van der Waals surface area contributed by atoms with Crippen LogP contribution in [-0.4, -0.2) is 37.6 Å². The summed E-state index contributed by atoms with van der Waals surface area (Å²) in [5.74, 6) is 0. The van der Waals surface area contributed by atoms with Crippen molar-refractivity contribution in [2.24, 2.45) is 0 Å². The topological polar surface area (TPSA) is 38.7 Å². The molecule has 0 bridgehead atoms. The van der Waals surface area contributed by atoms with Crippen LogP contribution in [0.25, 0.3) is 0 Å². The first-order chi connectivity index (χ1) is 4.33. The van der Waals surface area contributed by atoms with Gasteiger partial charge in [0.05, 0.1) is 25.4 Å².